The molecule has 2 rings (SSSR count). The van der Waals surface area contributed by atoms with Crippen molar-refractivity contribution in [3.63, 3.8) is 0 Å². The zero-order chi connectivity index (χ0) is 13.9. The van der Waals surface area contributed by atoms with Crippen LogP contribution in [0.15, 0.2) is 48.8 Å². The summed E-state index contributed by atoms with van der Waals surface area (Å²) in [6, 6.07) is 9.46. The number of aromatic nitrogens is 1. The molecule has 2 aromatic rings. The first-order valence-electron chi connectivity index (χ1n) is 5.77. The minimum atomic E-state index is -1.20. The summed E-state index contributed by atoms with van der Waals surface area (Å²) in [7, 11) is 0. The Morgan fingerprint density at radius 1 is 1.26 bits per heavy atom. The van der Waals surface area contributed by atoms with Crippen LogP contribution in [-0.4, -0.2) is 10.9 Å². The number of benzene rings is 1. The Kier molecular flexibility index (Phi) is 3.46. The third kappa shape index (κ3) is 2.54. The topological polar surface area (TPSA) is 68.0 Å². The molecule has 5 heteroatoms. The molecule has 3 N–H and O–H groups in total. The van der Waals surface area contributed by atoms with Gasteiger partial charge >= 0.3 is 0 Å². The highest BCUT2D eigenvalue weighted by atomic mass is 19.1. The van der Waals surface area contributed by atoms with Crippen LogP contribution in [0.3, 0.4) is 0 Å². The van der Waals surface area contributed by atoms with Crippen LogP contribution in [-0.2, 0) is 10.3 Å². The van der Waals surface area contributed by atoms with E-state index < -0.39 is 17.3 Å². The van der Waals surface area contributed by atoms with Crippen LogP contribution in [0.5, 0.6) is 0 Å². The van der Waals surface area contributed by atoms with Gasteiger partial charge in [0, 0.05) is 12.4 Å². The average Bonchev–Trinajstić information content (AvgIpc) is 2.42. The Balaban J connectivity index is 2.42. The standard InChI is InChI=1S/C14H14FN3O/c1-14(13(16)19,10-6-8-17-9-7-10)18-12-5-3-2-4-11(12)15/h2-9,18H,1H3,(H2,16,19). The lowest BCUT2D eigenvalue weighted by molar-refractivity contribution is -0.122. The molecule has 0 aliphatic carbocycles. The number of halogens is 1. The zero-order valence-corrected chi connectivity index (χ0v) is 10.4. The van der Waals surface area contributed by atoms with Crippen molar-refractivity contribution < 1.29 is 9.18 Å². The summed E-state index contributed by atoms with van der Waals surface area (Å²) in [6.45, 7) is 1.61. The number of pyridine rings is 1. The lowest BCUT2D eigenvalue weighted by Crippen LogP contribution is -2.45. The van der Waals surface area contributed by atoms with E-state index in [4.69, 9.17) is 5.73 Å². The maximum atomic E-state index is 13.7. The number of primary amides is 1. The van der Waals surface area contributed by atoms with E-state index in [0.29, 0.717) is 5.56 Å². The van der Waals surface area contributed by atoms with Crippen molar-refractivity contribution >= 4 is 11.6 Å². The van der Waals surface area contributed by atoms with Crippen molar-refractivity contribution in [2.45, 2.75) is 12.5 Å². The Hall–Kier alpha value is -2.43. The Bertz CT molecular complexity index is 588. The molecular weight excluding hydrogens is 245 g/mol. The number of hydrogen-bond acceptors (Lipinski definition) is 3. The second-order valence-electron chi connectivity index (χ2n) is 4.33. The molecule has 0 saturated heterocycles. The largest absolute Gasteiger partial charge is 0.367 e. The Morgan fingerprint density at radius 3 is 2.47 bits per heavy atom. The minimum absolute atomic E-state index is 0.223. The van der Waals surface area contributed by atoms with Crippen LogP contribution in [0.4, 0.5) is 10.1 Å². The van der Waals surface area contributed by atoms with E-state index in [1.165, 1.54) is 6.07 Å². The number of nitrogens with two attached hydrogens (primary N) is 1. The summed E-state index contributed by atoms with van der Waals surface area (Å²) < 4.78 is 13.7. The number of para-hydroxylation sites is 1. The number of carbonyl (C=O) groups is 1. The first-order chi connectivity index (χ1) is 9.04. The molecule has 0 saturated carbocycles. The molecule has 1 atom stereocenters. The van der Waals surface area contributed by atoms with Crippen LogP contribution >= 0.6 is 0 Å². The number of nitrogens with zero attached hydrogens (tertiary/aromatic N) is 1. The highest BCUT2D eigenvalue weighted by Crippen LogP contribution is 2.26. The first-order valence-corrected chi connectivity index (χ1v) is 5.77. The lowest BCUT2D eigenvalue weighted by atomic mass is 9.91. The lowest BCUT2D eigenvalue weighted by Gasteiger charge is -2.29. The molecule has 0 spiro atoms. The van der Waals surface area contributed by atoms with Gasteiger partial charge < -0.3 is 11.1 Å². The molecule has 98 valence electrons. The van der Waals surface area contributed by atoms with Gasteiger partial charge in [0.15, 0.2) is 0 Å². The summed E-state index contributed by atoms with van der Waals surface area (Å²) >= 11 is 0. The number of hydrogen-bond donors (Lipinski definition) is 2. The fourth-order valence-corrected chi connectivity index (χ4v) is 1.79. The molecule has 1 aromatic carbocycles. The second-order valence-corrected chi connectivity index (χ2v) is 4.33. The molecular formula is C14H14FN3O. The van der Waals surface area contributed by atoms with Crippen LogP contribution in [0, 0.1) is 5.82 Å². The monoisotopic (exact) mass is 259 g/mol. The van der Waals surface area contributed by atoms with E-state index in [1.54, 1.807) is 49.6 Å². The van der Waals surface area contributed by atoms with Gasteiger partial charge in [-0.25, -0.2) is 4.39 Å². The summed E-state index contributed by atoms with van der Waals surface area (Å²) in [5.74, 6) is -1.04. The van der Waals surface area contributed by atoms with Gasteiger partial charge in [0.05, 0.1) is 5.69 Å². The van der Waals surface area contributed by atoms with E-state index in [2.05, 4.69) is 10.3 Å². The smallest absolute Gasteiger partial charge is 0.247 e. The van der Waals surface area contributed by atoms with Crippen molar-refractivity contribution in [3.05, 3.63) is 60.2 Å². The van der Waals surface area contributed by atoms with Gasteiger partial charge in [0.2, 0.25) is 5.91 Å². The number of amides is 1. The van der Waals surface area contributed by atoms with Gasteiger partial charge in [0.1, 0.15) is 11.4 Å². The molecule has 1 heterocycles. The van der Waals surface area contributed by atoms with Crippen molar-refractivity contribution in [1.82, 2.24) is 4.98 Å². The summed E-state index contributed by atoms with van der Waals surface area (Å²) in [4.78, 5) is 15.6. The average molecular weight is 259 g/mol. The van der Waals surface area contributed by atoms with E-state index >= 15 is 0 Å². The molecule has 1 aromatic heterocycles. The van der Waals surface area contributed by atoms with E-state index in [0.717, 1.165) is 0 Å². The highest BCUT2D eigenvalue weighted by molar-refractivity contribution is 5.88. The Morgan fingerprint density at radius 2 is 1.89 bits per heavy atom. The van der Waals surface area contributed by atoms with Crippen molar-refractivity contribution in [2.75, 3.05) is 5.32 Å². The van der Waals surface area contributed by atoms with Gasteiger partial charge in [0.25, 0.3) is 0 Å². The quantitative estimate of drug-likeness (QED) is 0.882. The summed E-state index contributed by atoms with van der Waals surface area (Å²) in [5, 5.41) is 2.86. The van der Waals surface area contributed by atoms with E-state index in [9.17, 15) is 9.18 Å². The van der Waals surface area contributed by atoms with E-state index in [1.807, 2.05) is 0 Å². The van der Waals surface area contributed by atoms with Crippen LogP contribution in [0.2, 0.25) is 0 Å². The zero-order valence-electron chi connectivity index (χ0n) is 10.4. The Labute approximate surface area is 110 Å². The van der Waals surface area contributed by atoms with E-state index in [-0.39, 0.29) is 5.69 Å². The SMILES string of the molecule is CC(Nc1ccccc1F)(C(N)=O)c1ccncc1. The molecule has 4 nitrogen and oxygen atoms in total. The summed E-state index contributed by atoms with van der Waals surface area (Å²) in [5.41, 5.74) is 5.10. The molecule has 0 bridgehead atoms. The van der Waals surface area contributed by atoms with Crippen LogP contribution in [0.25, 0.3) is 0 Å². The van der Waals surface area contributed by atoms with Gasteiger partial charge in [-0.1, -0.05) is 12.1 Å². The molecule has 1 amide bonds. The molecule has 0 aliphatic heterocycles. The van der Waals surface area contributed by atoms with Crippen molar-refractivity contribution in [1.29, 1.82) is 0 Å². The number of carbonyl (C=O) groups excluding carboxylic acids is 1. The molecule has 0 aliphatic rings. The molecule has 0 radical (unpaired) electrons. The molecule has 1 unspecified atom stereocenters. The maximum absolute atomic E-state index is 13.7. The predicted octanol–water partition coefficient (Wildman–Crippen LogP) is 2.03. The first kappa shape index (κ1) is 13.0. The normalized spacial score (nSPS) is 13.6. The number of nitrogens with one attached hydrogen (secondary N) is 1. The molecule has 19 heavy (non-hydrogen) atoms. The fraction of sp³-hybridized carbons (Fsp3) is 0.143. The van der Waals surface area contributed by atoms with Gasteiger partial charge in [-0.15, -0.1) is 0 Å². The fourth-order valence-electron chi connectivity index (χ4n) is 1.79. The van der Waals surface area contributed by atoms with Crippen molar-refractivity contribution in [2.24, 2.45) is 5.73 Å². The van der Waals surface area contributed by atoms with Gasteiger partial charge in [-0.05, 0) is 36.8 Å². The number of rotatable bonds is 4. The minimum Gasteiger partial charge on any atom is -0.367 e. The third-order valence-corrected chi connectivity index (χ3v) is 3.01. The molecule has 0 fully saturated rings. The van der Waals surface area contributed by atoms with Gasteiger partial charge in [-0.3, -0.25) is 9.78 Å². The predicted molar refractivity (Wildman–Crippen MR) is 70.8 cm³/mol. The third-order valence-electron chi connectivity index (χ3n) is 3.01. The maximum Gasteiger partial charge on any atom is 0.247 e. The highest BCUT2D eigenvalue weighted by Gasteiger charge is 2.33. The van der Waals surface area contributed by atoms with Crippen molar-refractivity contribution in [3.8, 4) is 0 Å². The van der Waals surface area contributed by atoms with Gasteiger partial charge in [-0.2, -0.15) is 0 Å². The summed E-state index contributed by atoms with van der Waals surface area (Å²) in [6.07, 6.45) is 3.11. The number of anilines is 1. The second kappa shape index (κ2) is 5.06. The van der Waals surface area contributed by atoms with Crippen LogP contribution in [0.1, 0.15) is 12.5 Å². The van der Waals surface area contributed by atoms with Crippen LogP contribution < -0.4 is 11.1 Å².